The van der Waals surface area contributed by atoms with Gasteiger partial charge in [0.2, 0.25) is 0 Å². The van der Waals surface area contributed by atoms with Crippen molar-refractivity contribution in [2.45, 2.75) is 25.9 Å². The first-order chi connectivity index (χ1) is 7.15. The van der Waals surface area contributed by atoms with E-state index >= 15 is 0 Å². The number of benzene rings is 1. The van der Waals surface area contributed by atoms with Crippen LogP contribution in [0.3, 0.4) is 0 Å². The Morgan fingerprint density at radius 3 is 2.80 bits per heavy atom. The van der Waals surface area contributed by atoms with E-state index in [1.54, 1.807) is 6.07 Å². The van der Waals surface area contributed by atoms with Crippen LogP contribution in [0, 0.1) is 0 Å². The second-order valence-corrected chi connectivity index (χ2v) is 4.20. The molecule has 0 fully saturated rings. The minimum Gasteiger partial charge on any atom is -0.489 e. The molecule has 2 nitrogen and oxygen atoms in total. The van der Waals surface area contributed by atoms with Gasteiger partial charge in [-0.3, -0.25) is 0 Å². The lowest BCUT2D eigenvalue weighted by molar-refractivity contribution is 0.209. The first-order valence-corrected chi connectivity index (χ1v) is 5.71. The van der Waals surface area contributed by atoms with Crippen LogP contribution in [0.2, 0.25) is 10.0 Å². The van der Waals surface area contributed by atoms with Crippen LogP contribution in [0.5, 0.6) is 5.75 Å². The van der Waals surface area contributed by atoms with E-state index < -0.39 is 0 Å². The molecule has 1 atom stereocenters. The Morgan fingerprint density at radius 1 is 1.40 bits per heavy atom. The molecule has 1 aromatic carbocycles. The van der Waals surface area contributed by atoms with Crippen LogP contribution in [-0.2, 0) is 0 Å². The molecule has 0 aliphatic rings. The zero-order valence-electron chi connectivity index (χ0n) is 8.67. The summed E-state index contributed by atoms with van der Waals surface area (Å²) >= 11 is 11.9. The van der Waals surface area contributed by atoms with Gasteiger partial charge in [-0.2, -0.15) is 0 Å². The highest BCUT2D eigenvalue weighted by atomic mass is 35.5. The van der Waals surface area contributed by atoms with Crippen LogP contribution in [0.4, 0.5) is 0 Å². The molecule has 0 bridgehead atoms. The first-order valence-electron chi connectivity index (χ1n) is 4.96. The van der Waals surface area contributed by atoms with Crippen LogP contribution < -0.4 is 10.5 Å². The summed E-state index contributed by atoms with van der Waals surface area (Å²) in [6.07, 6.45) is 1.96. The molecule has 0 amide bonds. The van der Waals surface area contributed by atoms with Gasteiger partial charge in [0.25, 0.3) is 0 Å². The molecule has 0 aromatic heterocycles. The second kappa shape index (κ2) is 6.21. The SMILES string of the molecule is CC(CCCN)Oc1cccc(Cl)c1Cl. The van der Waals surface area contributed by atoms with E-state index in [-0.39, 0.29) is 6.10 Å². The summed E-state index contributed by atoms with van der Waals surface area (Å²) in [6, 6.07) is 5.37. The largest absolute Gasteiger partial charge is 0.489 e. The van der Waals surface area contributed by atoms with Gasteiger partial charge in [0.05, 0.1) is 11.1 Å². The summed E-state index contributed by atoms with van der Waals surface area (Å²) in [4.78, 5) is 0. The average molecular weight is 248 g/mol. The first kappa shape index (κ1) is 12.6. The van der Waals surface area contributed by atoms with E-state index in [0.29, 0.717) is 22.3 Å². The minimum absolute atomic E-state index is 0.101. The van der Waals surface area contributed by atoms with Gasteiger partial charge in [0.1, 0.15) is 10.8 Å². The summed E-state index contributed by atoms with van der Waals surface area (Å²) in [6.45, 7) is 2.67. The monoisotopic (exact) mass is 247 g/mol. The molecule has 2 N–H and O–H groups in total. The number of rotatable bonds is 5. The average Bonchev–Trinajstić information content (AvgIpc) is 2.22. The highest BCUT2D eigenvalue weighted by Crippen LogP contribution is 2.32. The van der Waals surface area contributed by atoms with E-state index in [1.165, 1.54) is 0 Å². The van der Waals surface area contributed by atoms with Crippen molar-refractivity contribution in [1.29, 1.82) is 0 Å². The van der Waals surface area contributed by atoms with Crippen molar-refractivity contribution in [1.82, 2.24) is 0 Å². The zero-order chi connectivity index (χ0) is 11.3. The van der Waals surface area contributed by atoms with Gasteiger partial charge in [0, 0.05) is 0 Å². The molecular weight excluding hydrogens is 233 g/mol. The van der Waals surface area contributed by atoms with Crippen LogP contribution in [-0.4, -0.2) is 12.6 Å². The van der Waals surface area contributed by atoms with E-state index in [4.69, 9.17) is 33.7 Å². The normalized spacial score (nSPS) is 12.5. The van der Waals surface area contributed by atoms with Gasteiger partial charge in [0.15, 0.2) is 0 Å². The third kappa shape index (κ3) is 3.90. The van der Waals surface area contributed by atoms with Crippen molar-refractivity contribution in [3.8, 4) is 5.75 Å². The van der Waals surface area contributed by atoms with Crippen LogP contribution >= 0.6 is 23.2 Å². The fourth-order valence-corrected chi connectivity index (χ4v) is 1.59. The summed E-state index contributed by atoms with van der Waals surface area (Å²) in [5, 5.41) is 0.985. The number of halogens is 2. The van der Waals surface area contributed by atoms with Gasteiger partial charge in [-0.25, -0.2) is 0 Å². The number of nitrogens with two attached hydrogens (primary N) is 1. The number of ether oxygens (including phenoxy) is 1. The molecule has 0 radical (unpaired) electrons. The Hall–Kier alpha value is -0.440. The van der Waals surface area contributed by atoms with Gasteiger partial charge in [-0.15, -0.1) is 0 Å². The summed E-state index contributed by atoms with van der Waals surface area (Å²) < 4.78 is 5.66. The molecule has 1 unspecified atom stereocenters. The van der Waals surface area contributed by atoms with E-state index in [9.17, 15) is 0 Å². The van der Waals surface area contributed by atoms with E-state index in [2.05, 4.69) is 0 Å². The highest BCUT2D eigenvalue weighted by Gasteiger charge is 2.09. The van der Waals surface area contributed by atoms with Gasteiger partial charge in [-0.1, -0.05) is 29.3 Å². The Kier molecular flexibility index (Phi) is 5.23. The van der Waals surface area contributed by atoms with E-state index in [0.717, 1.165) is 12.8 Å². The standard InChI is InChI=1S/C11H15Cl2NO/c1-8(4-3-7-14)15-10-6-2-5-9(12)11(10)13/h2,5-6,8H,3-4,7,14H2,1H3. The molecule has 0 saturated carbocycles. The molecule has 0 heterocycles. The quantitative estimate of drug-likeness (QED) is 0.865. The highest BCUT2D eigenvalue weighted by molar-refractivity contribution is 6.42. The molecule has 0 aliphatic heterocycles. The molecular formula is C11H15Cl2NO. The maximum Gasteiger partial charge on any atom is 0.139 e. The molecule has 84 valence electrons. The molecule has 0 saturated heterocycles. The Bertz CT molecular complexity index is 317. The van der Waals surface area contributed by atoms with Crippen molar-refractivity contribution in [2.24, 2.45) is 5.73 Å². The molecule has 4 heteroatoms. The van der Waals surface area contributed by atoms with Crippen molar-refractivity contribution >= 4 is 23.2 Å². The molecule has 0 spiro atoms. The van der Waals surface area contributed by atoms with Crippen molar-refractivity contribution in [3.63, 3.8) is 0 Å². The predicted octanol–water partition coefficient (Wildman–Crippen LogP) is 3.50. The third-order valence-corrected chi connectivity index (χ3v) is 2.86. The lowest BCUT2D eigenvalue weighted by Crippen LogP contribution is -2.14. The summed E-state index contributed by atoms with van der Waals surface area (Å²) in [5.41, 5.74) is 5.42. The molecule has 1 aromatic rings. The fraction of sp³-hybridized carbons (Fsp3) is 0.455. The second-order valence-electron chi connectivity index (χ2n) is 3.41. The summed E-state index contributed by atoms with van der Waals surface area (Å²) in [7, 11) is 0. The predicted molar refractivity (Wildman–Crippen MR) is 64.8 cm³/mol. The lowest BCUT2D eigenvalue weighted by Gasteiger charge is -2.15. The summed E-state index contributed by atoms with van der Waals surface area (Å²) in [5.74, 6) is 0.633. The van der Waals surface area contributed by atoms with Crippen LogP contribution in [0.15, 0.2) is 18.2 Å². The molecule has 1 rings (SSSR count). The van der Waals surface area contributed by atoms with Crippen molar-refractivity contribution in [3.05, 3.63) is 28.2 Å². The Labute approximate surface area is 100 Å². The third-order valence-electron chi connectivity index (χ3n) is 2.06. The lowest BCUT2D eigenvalue weighted by atomic mass is 10.2. The smallest absolute Gasteiger partial charge is 0.139 e. The van der Waals surface area contributed by atoms with Crippen molar-refractivity contribution < 1.29 is 4.74 Å². The minimum atomic E-state index is 0.101. The fourth-order valence-electron chi connectivity index (χ4n) is 1.26. The van der Waals surface area contributed by atoms with Crippen molar-refractivity contribution in [2.75, 3.05) is 6.54 Å². The van der Waals surface area contributed by atoms with Gasteiger partial charge < -0.3 is 10.5 Å². The number of hydrogen-bond acceptors (Lipinski definition) is 2. The van der Waals surface area contributed by atoms with Crippen LogP contribution in [0.25, 0.3) is 0 Å². The van der Waals surface area contributed by atoms with Crippen LogP contribution in [0.1, 0.15) is 19.8 Å². The van der Waals surface area contributed by atoms with Gasteiger partial charge in [-0.05, 0) is 38.4 Å². The molecule has 0 aliphatic carbocycles. The maximum absolute atomic E-state index is 5.99. The van der Waals surface area contributed by atoms with E-state index in [1.807, 2.05) is 19.1 Å². The molecule has 15 heavy (non-hydrogen) atoms. The topological polar surface area (TPSA) is 35.2 Å². The maximum atomic E-state index is 5.99. The Balaban J connectivity index is 2.60. The Morgan fingerprint density at radius 2 is 2.13 bits per heavy atom. The number of hydrogen-bond donors (Lipinski definition) is 1. The zero-order valence-corrected chi connectivity index (χ0v) is 10.2. The van der Waals surface area contributed by atoms with Gasteiger partial charge >= 0.3 is 0 Å².